The number of halogens is 2. The minimum atomic E-state index is -5.14. The molecule has 0 fully saturated rings. The molecule has 1 aromatic rings. The number of aliphatic carboxylic acids is 1. The molecule has 6 N–H and O–H groups in total. The van der Waals surface area contributed by atoms with Gasteiger partial charge in [-0.05, 0) is 0 Å². The second-order valence-corrected chi connectivity index (χ2v) is 3.63. The fourth-order valence-electron chi connectivity index (χ4n) is 0.715. The Balaban J connectivity index is 0. The van der Waals surface area contributed by atoms with Gasteiger partial charge in [-0.25, -0.2) is 9.55 Å². The Hall–Kier alpha value is -1.35. The highest BCUT2D eigenvalue weighted by Crippen LogP contribution is 2.34. The first-order valence-electron chi connectivity index (χ1n) is 3.91. The van der Waals surface area contributed by atoms with Gasteiger partial charge in [-0.1, -0.05) is 0 Å². The molecule has 11 heteroatoms. The van der Waals surface area contributed by atoms with Crippen LogP contribution in [-0.4, -0.2) is 36.9 Å². The summed E-state index contributed by atoms with van der Waals surface area (Å²) in [6.07, 6.45) is 3.38. The van der Waals surface area contributed by atoms with E-state index in [9.17, 15) is 8.99 Å². The van der Waals surface area contributed by atoms with Gasteiger partial charge in [0.1, 0.15) is 6.04 Å². The Labute approximate surface area is 94.3 Å². The van der Waals surface area contributed by atoms with Gasteiger partial charge in [-0.15, -0.1) is 4.20 Å². The first-order chi connectivity index (χ1) is 7.20. The van der Waals surface area contributed by atoms with Gasteiger partial charge in [0.15, 0.2) is 0 Å². The van der Waals surface area contributed by atoms with Crippen LogP contribution in [0, 0.1) is 0 Å². The topological polar surface area (TPSA) is 150 Å². The molecule has 1 aromatic heterocycles. The van der Waals surface area contributed by atoms with E-state index in [4.69, 9.17) is 25.2 Å². The van der Waals surface area contributed by atoms with E-state index in [1.165, 1.54) is 6.33 Å². The lowest BCUT2D eigenvalue weighted by Gasteiger charge is -2.01. The highest BCUT2D eigenvalue weighted by molar-refractivity contribution is 7.45. The Morgan fingerprint density at radius 2 is 2.12 bits per heavy atom. The number of hydrogen-bond donors (Lipinski definition) is 5. The quantitative estimate of drug-likeness (QED) is 0.469. The molecule has 0 aromatic carbocycles. The summed E-state index contributed by atoms with van der Waals surface area (Å²) in [7, 11) is -5.14. The van der Waals surface area contributed by atoms with Gasteiger partial charge in [0, 0.05) is 12.6 Å². The molecule has 0 aliphatic rings. The molecule has 1 atom stereocenters. The van der Waals surface area contributed by atoms with Crippen molar-refractivity contribution in [3.63, 3.8) is 0 Å². The first-order valence-corrected chi connectivity index (χ1v) is 5.41. The number of H-pyrrole nitrogens is 1. The number of carbonyl (C=O) groups is 1. The number of carboxylic acids is 1. The van der Waals surface area contributed by atoms with E-state index in [2.05, 4.69) is 9.97 Å². The van der Waals surface area contributed by atoms with Gasteiger partial charge in [0.05, 0.1) is 12.0 Å². The average molecular weight is 275 g/mol. The van der Waals surface area contributed by atoms with Crippen LogP contribution in [0.1, 0.15) is 5.69 Å². The Bertz CT molecular complexity index is 359. The Morgan fingerprint density at radius 3 is 2.41 bits per heavy atom. The van der Waals surface area contributed by atoms with E-state index in [-0.39, 0.29) is 11.1 Å². The number of hydrogen-bond acceptors (Lipinski definition) is 4. The minimum absolute atomic E-state index is 0. The highest BCUT2D eigenvalue weighted by Gasteiger charge is 2.12. The van der Waals surface area contributed by atoms with E-state index in [0.29, 0.717) is 5.69 Å². The van der Waals surface area contributed by atoms with Crippen LogP contribution in [0.15, 0.2) is 12.5 Å². The molecule has 8 nitrogen and oxygen atoms in total. The zero-order chi connectivity index (χ0) is 12.8. The van der Waals surface area contributed by atoms with E-state index in [1.54, 1.807) is 6.20 Å². The average Bonchev–Trinajstić information content (AvgIpc) is 2.53. The van der Waals surface area contributed by atoms with Gasteiger partial charge in [0.25, 0.3) is 0 Å². The zero-order valence-corrected chi connectivity index (χ0v) is 9.25. The number of imidazole rings is 1. The third kappa shape index (κ3) is 12.6. The second kappa shape index (κ2) is 7.85. The lowest BCUT2D eigenvalue weighted by molar-refractivity contribution is -0.138. The molecule has 0 aliphatic carbocycles. The molecule has 0 aliphatic heterocycles. The van der Waals surface area contributed by atoms with Gasteiger partial charge < -0.3 is 15.8 Å². The number of nitrogens with one attached hydrogen (secondary N) is 1. The normalized spacial score (nSPS) is 11.8. The summed E-state index contributed by atoms with van der Waals surface area (Å²) in [6.45, 7) is 0. The second-order valence-electron chi connectivity index (χ2n) is 2.68. The van der Waals surface area contributed by atoms with E-state index >= 15 is 0 Å². The Morgan fingerprint density at radius 1 is 1.65 bits per heavy atom. The van der Waals surface area contributed by atoms with Crippen LogP contribution in [0.4, 0.5) is 8.90 Å². The molecule has 1 rings (SSSR count). The van der Waals surface area contributed by atoms with Crippen molar-refractivity contribution in [2.24, 2.45) is 5.73 Å². The van der Waals surface area contributed by atoms with Crippen molar-refractivity contribution in [3.05, 3.63) is 18.2 Å². The molecule has 0 spiro atoms. The minimum Gasteiger partial charge on any atom is -0.480 e. The van der Waals surface area contributed by atoms with Crippen molar-refractivity contribution >= 4 is 13.9 Å². The summed E-state index contributed by atoms with van der Waals surface area (Å²) in [4.78, 5) is 30.7. The molecule has 0 saturated carbocycles. The summed E-state index contributed by atoms with van der Waals surface area (Å²) < 4.78 is 19.0. The fraction of sp³-hybridized carbons (Fsp3) is 0.333. The van der Waals surface area contributed by atoms with Crippen LogP contribution in [-0.2, 0) is 15.8 Å². The maximum Gasteiger partial charge on any atom is 0.507 e. The van der Waals surface area contributed by atoms with Gasteiger partial charge in [-0.3, -0.25) is 19.3 Å². The summed E-state index contributed by atoms with van der Waals surface area (Å²) in [5.41, 5.74) is 5.92. The van der Waals surface area contributed by atoms with Crippen LogP contribution in [0.25, 0.3) is 0 Å². The Kier molecular flexibility index (Phi) is 8.32. The first kappa shape index (κ1) is 18.0. The molecule has 0 bridgehead atoms. The van der Waals surface area contributed by atoms with Crippen LogP contribution in [0.2, 0.25) is 0 Å². The summed E-state index contributed by atoms with van der Waals surface area (Å²) in [5, 5.41) is 8.42. The smallest absolute Gasteiger partial charge is 0.480 e. The van der Waals surface area contributed by atoms with Gasteiger partial charge in [0.2, 0.25) is 0 Å². The summed E-state index contributed by atoms with van der Waals surface area (Å²) >= 11 is 0. The fourth-order valence-corrected chi connectivity index (χ4v) is 0.715. The zero-order valence-electron chi connectivity index (χ0n) is 8.36. The number of aromatic amines is 1. The molecule has 0 saturated heterocycles. The number of rotatable bonds is 3. The predicted octanol–water partition coefficient (Wildman–Crippen LogP) is -0.435. The molecular weight excluding hydrogens is 263 g/mol. The third-order valence-electron chi connectivity index (χ3n) is 1.30. The number of carboxylic acid groups (broad SMARTS) is 1. The maximum atomic E-state index is 10.4. The van der Waals surface area contributed by atoms with E-state index in [0.717, 1.165) is 0 Å². The molecule has 17 heavy (non-hydrogen) atoms. The molecule has 1 unspecified atom stereocenters. The largest absolute Gasteiger partial charge is 0.507 e. The number of aromatic nitrogens is 2. The lowest BCUT2D eigenvalue weighted by Crippen LogP contribution is -2.32. The standard InChI is InChI=1S/C6H9N3O2.FH2O3P.FH/c7-5(6(10)11)1-4-2-8-3-9-4;1-5(2,3)4;/h2-3,5H,1,7H2,(H,8,9)(H,10,11);(H2,2,3,4);1H. The summed E-state index contributed by atoms with van der Waals surface area (Å²) in [6, 6.07) is -0.863. The van der Waals surface area contributed by atoms with Crippen molar-refractivity contribution in [2.75, 3.05) is 0 Å². The van der Waals surface area contributed by atoms with Crippen molar-refractivity contribution < 1.29 is 33.2 Å². The van der Waals surface area contributed by atoms with Crippen molar-refractivity contribution in [1.29, 1.82) is 0 Å². The maximum absolute atomic E-state index is 10.4. The van der Waals surface area contributed by atoms with Crippen molar-refractivity contribution in [1.82, 2.24) is 9.97 Å². The van der Waals surface area contributed by atoms with Gasteiger partial charge >= 0.3 is 13.9 Å². The lowest BCUT2D eigenvalue weighted by atomic mass is 10.2. The molecular formula is C6H12F2N3O5P. The SMILES string of the molecule is F.NC(Cc1c[nH]cn1)C(=O)O.O=P(O)(O)F. The van der Waals surface area contributed by atoms with Crippen LogP contribution >= 0.6 is 7.91 Å². The molecule has 0 amide bonds. The third-order valence-corrected chi connectivity index (χ3v) is 1.30. The van der Waals surface area contributed by atoms with Gasteiger partial charge in [-0.2, -0.15) is 0 Å². The van der Waals surface area contributed by atoms with E-state index in [1.807, 2.05) is 0 Å². The molecule has 100 valence electrons. The predicted molar refractivity (Wildman–Crippen MR) is 53.6 cm³/mol. The number of nitrogens with zero attached hydrogens (tertiary/aromatic N) is 1. The van der Waals surface area contributed by atoms with Crippen LogP contribution < -0.4 is 5.73 Å². The monoisotopic (exact) mass is 275 g/mol. The van der Waals surface area contributed by atoms with E-state index < -0.39 is 19.9 Å². The number of nitrogens with two attached hydrogens (primary N) is 1. The summed E-state index contributed by atoms with van der Waals surface area (Å²) in [5.74, 6) is -1.01. The molecule has 1 heterocycles. The van der Waals surface area contributed by atoms with Crippen LogP contribution in [0.5, 0.6) is 0 Å². The highest BCUT2D eigenvalue weighted by atomic mass is 31.2. The van der Waals surface area contributed by atoms with Crippen molar-refractivity contribution in [2.45, 2.75) is 12.5 Å². The van der Waals surface area contributed by atoms with Crippen molar-refractivity contribution in [3.8, 4) is 0 Å². The van der Waals surface area contributed by atoms with Crippen LogP contribution in [0.3, 0.4) is 0 Å². The molecule has 0 radical (unpaired) electrons.